The summed E-state index contributed by atoms with van der Waals surface area (Å²) in [5, 5.41) is 0. The van der Waals surface area contributed by atoms with Crippen molar-refractivity contribution < 1.29 is 8.78 Å². The Kier molecular flexibility index (Phi) is 2.86. The molecule has 0 fully saturated rings. The zero-order chi connectivity index (χ0) is 10.0. The molecule has 0 aliphatic rings. The Morgan fingerprint density at radius 2 is 1.92 bits per heavy atom. The third-order valence-electron chi connectivity index (χ3n) is 2.26. The first-order chi connectivity index (χ1) is 6.06. The minimum Gasteiger partial charge on any atom is -0.396 e. The number of hydrogen-bond donors (Lipinski definition) is 1. The Labute approximate surface area is 76.6 Å². The van der Waals surface area contributed by atoms with Gasteiger partial charge >= 0.3 is 0 Å². The Morgan fingerprint density at radius 1 is 1.31 bits per heavy atom. The average Bonchev–Trinajstić information content (AvgIpc) is 2.10. The smallest absolute Gasteiger partial charge is 0.149 e. The number of rotatable bonds is 2. The summed E-state index contributed by atoms with van der Waals surface area (Å²) in [5.41, 5.74) is 5.84. The molecule has 0 amide bonds. The van der Waals surface area contributed by atoms with Crippen molar-refractivity contribution in [3.63, 3.8) is 0 Å². The number of nitrogens with two attached hydrogens (primary N) is 1. The second-order valence-corrected chi connectivity index (χ2v) is 3.20. The summed E-state index contributed by atoms with van der Waals surface area (Å²) >= 11 is 0. The fourth-order valence-corrected chi connectivity index (χ4v) is 1.18. The molecule has 13 heavy (non-hydrogen) atoms. The summed E-state index contributed by atoms with van der Waals surface area (Å²) in [6, 6.07) is 2.22. The van der Waals surface area contributed by atoms with Gasteiger partial charge in [0, 0.05) is 6.07 Å². The maximum Gasteiger partial charge on any atom is 0.149 e. The van der Waals surface area contributed by atoms with Gasteiger partial charge in [-0.2, -0.15) is 0 Å². The Bertz CT molecular complexity index is 310. The van der Waals surface area contributed by atoms with Crippen molar-refractivity contribution in [3.05, 3.63) is 29.3 Å². The van der Waals surface area contributed by atoms with E-state index in [1.54, 1.807) is 0 Å². The first kappa shape index (κ1) is 9.96. The molecule has 3 heteroatoms. The lowest BCUT2D eigenvalue weighted by molar-refractivity contribution is 0.558. The van der Waals surface area contributed by atoms with E-state index >= 15 is 0 Å². The molecule has 0 saturated carbocycles. The van der Waals surface area contributed by atoms with Crippen molar-refractivity contribution in [2.75, 3.05) is 5.73 Å². The second kappa shape index (κ2) is 3.73. The van der Waals surface area contributed by atoms with Crippen LogP contribution in [0.3, 0.4) is 0 Å². The molecule has 0 spiro atoms. The number of anilines is 1. The van der Waals surface area contributed by atoms with Crippen LogP contribution in [0.5, 0.6) is 0 Å². The molecule has 1 atom stereocenters. The molecular weight excluding hydrogens is 172 g/mol. The maximum atomic E-state index is 13.2. The predicted molar refractivity (Wildman–Crippen MR) is 49.5 cm³/mol. The lowest BCUT2D eigenvalue weighted by Crippen LogP contribution is -2.00. The fraction of sp³-hybridized carbons (Fsp3) is 0.400. The minimum absolute atomic E-state index is 0.0108. The van der Waals surface area contributed by atoms with Crippen molar-refractivity contribution in [2.24, 2.45) is 0 Å². The van der Waals surface area contributed by atoms with Gasteiger partial charge in [0.15, 0.2) is 0 Å². The van der Waals surface area contributed by atoms with Gasteiger partial charge in [-0.05, 0) is 24.0 Å². The molecule has 0 aliphatic heterocycles. The van der Waals surface area contributed by atoms with Gasteiger partial charge in [0.25, 0.3) is 0 Å². The number of benzene rings is 1. The topological polar surface area (TPSA) is 26.0 Å². The fourth-order valence-electron chi connectivity index (χ4n) is 1.18. The van der Waals surface area contributed by atoms with Crippen LogP contribution in [0.4, 0.5) is 14.5 Å². The van der Waals surface area contributed by atoms with E-state index in [0.717, 1.165) is 12.5 Å². The predicted octanol–water partition coefficient (Wildman–Crippen LogP) is 3.06. The van der Waals surface area contributed by atoms with Crippen molar-refractivity contribution in [2.45, 2.75) is 26.2 Å². The molecule has 0 saturated heterocycles. The number of nitrogen functional groups attached to an aromatic ring is 1. The zero-order valence-corrected chi connectivity index (χ0v) is 7.77. The molecule has 0 heterocycles. The van der Waals surface area contributed by atoms with E-state index in [0.29, 0.717) is 5.56 Å². The van der Waals surface area contributed by atoms with E-state index in [9.17, 15) is 8.78 Å². The molecule has 0 aliphatic carbocycles. The molecule has 0 bridgehead atoms. The standard InChI is InChI=1S/C10H13F2N/c1-3-6(2)7-4-10(13)9(12)5-8(7)11/h4-6H,3,13H2,1-2H3. The Hall–Kier alpha value is -1.12. The van der Waals surface area contributed by atoms with Crippen LogP contribution in [0.1, 0.15) is 31.7 Å². The molecule has 1 aromatic rings. The van der Waals surface area contributed by atoms with Crippen LogP contribution in [-0.2, 0) is 0 Å². The molecule has 1 rings (SSSR count). The molecule has 0 radical (unpaired) electrons. The normalized spacial score (nSPS) is 12.9. The summed E-state index contributed by atoms with van der Waals surface area (Å²) in [5.74, 6) is -1.13. The summed E-state index contributed by atoms with van der Waals surface area (Å²) in [6.45, 7) is 3.83. The van der Waals surface area contributed by atoms with Gasteiger partial charge in [-0.25, -0.2) is 8.78 Å². The van der Waals surface area contributed by atoms with E-state index < -0.39 is 11.6 Å². The zero-order valence-electron chi connectivity index (χ0n) is 7.77. The van der Waals surface area contributed by atoms with Gasteiger partial charge in [0.05, 0.1) is 5.69 Å². The van der Waals surface area contributed by atoms with Gasteiger partial charge in [-0.3, -0.25) is 0 Å². The third-order valence-corrected chi connectivity index (χ3v) is 2.26. The highest BCUT2D eigenvalue weighted by Gasteiger charge is 2.12. The van der Waals surface area contributed by atoms with Crippen LogP contribution in [0.15, 0.2) is 12.1 Å². The third kappa shape index (κ3) is 1.97. The highest BCUT2D eigenvalue weighted by Crippen LogP contribution is 2.25. The molecule has 1 nitrogen and oxygen atoms in total. The summed E-state index contributed by atoms with van der Waals surface area (Å²) < 4.78 is 25.9. The first-order valence-electron chi connectivity index (χ1n) is 4.30. The molecule has 1 aromatic carbocycles. The highest BCUT2D eigenvalue weighted by molar-refractivity contribution is 5.44. The van der Waals surface area contributed by atoms with Crippen molar-refractivity contribution in [3.8, 4) is 0 Å². The summed E-state index contributed by atoms with van der Waals surface area (Å²) in [4.78, 5) is 0. The van der Waals surface area contributed by atoms with E-state index in [4.69, 9.17) is 5.73 Å². The summed E-state index contributed by atoms with van der Waals surface area (Å²) in [7, 11) is 0. The van der Waals surface area contributed by atoms with E-state index in [1.807, 2.05) is 13.8 Å². The van der Waals surface area contributed by atoms with Crippen molar-refractivity contribution >= 4 is 5.69 Å². The van der Waals surface area contributed by atoms with E-state index in [1.165, 1.54) is 6.07 Å². The monoisotopic (exact) mass is 185 g/mol. The molecule has 1 unspecified atom stereocenters. The van der Waals surface area contributed by atoms with Gasteiger partial charge in [-0.1, -0.05) is 13.8 Å². The van der Waals surface area contributed by atoms with Crippen LogP contribution in [0, 0.1) is 11.6 Å². The van der Waals surface area contributed by atoms with E-state index in [-0.39, 0.29) is 11.6 Å². The average molecular weight is 185 g/mol. The Balaban J connectivity index is 3.15. The minimum atomic E-state index is -0.690. The lowest BCUT2D eigenvalue weighted by Gasteiger charge is -2.11. The van der Waals surface area contributed by atoms with Crippen LogP contribution >= 0.6 is 0 Å². The maximum absolute atomic E-state index is 13.2. The Morgan fingerprint density at radius 3 is 2.46 bits per heavy atom. The van der Waals surface area contributed by atoms with Gasteiger partial charge in [0.2, 0.25) is 0 Å². The molecule has 72 valence electrons. The van der Waals surface area contributed by atoms with Crippen LogP contribution in [0.2, 0.25) is 0 Å². The summed E-state index contributed by atoms with van der Waals surface area (Å²) in [6.07, 6.45) is 0.808. The van der Waals surface area contributed by atoms with Crippen molar-refractivity contribution in [1.82, 2.24) is 0 Å². The van der Waals surface area contributed by atoms with Crippen LogP contribution in [0.25, 0.3) is 0 Å². The largest absolute Gasteiger partial charge is 0.396 e. The molecular formula is C10H13F2N. The SMILES string of the molecule is CCC(C)c1cc(N)c(F)cc1F. The molecule has 2 N–H and O–H groups in total. The first-order valence-corrected chi connectivity index (χ1v) is 4.30. The van der Waals surface area contributed by atoms with Crippen LogP contribution in [-0.4, -0.2) is 0 Å². The van der Waals surface area contributed by atoms with Crippen molar-refractivity contribution in [1.29, 1.82) is 0 Å². The lowest BCUT2D eigenvalue weighted by atomic mass is 9.97. The van der Waals surface area contributed by atoms with Gasteiger partial charge < -0.3 is 5.73 Å². The second-order valence-electron chi connectivity index (χ2n) is 3.20. The van der Waals surface area contributed by atoms with E-state index in [2.05, 4.69) is 0 Å². The number of hydrogen-bond acceptors (Lipinski definition) is 1. The van der Waals surface area contributed by atoms with Crippen LogP contribution < -0.4 is 5.73 Å². The quantitative estimate of drug-likeness (QED) is 0.704. The highest BCUT2D eigenvalue weighted by atomic mass is 19.1. The van der Waals surface area contributed by atoms with Gasteiger partial charge in [-0.15, -0.1) is 0 Å². The molecule has 0 aromatic heterocycles. The number of halogens is 2. The van der Waals surface area contributed by atoms with Gasteiger partial charge in [0.1, 0.15) is 11.6 Å².